The molecule has 2 atom stereocenters. The Kier molecular flexibility index (Phi) is 4.07. The third-order valence-electron chi connectivity index (χ3n) is 4.31. The molecular formula is C18H20ClNO. The molecule has 0 radical (unpaired) electrons. The molecule has 2 nitrogen and oxygen atoms in total. The molecule has 0 amide bonds. The molecule has 1 aliphatic carbocycles. The number of fused-ring (bicyclic) bond motifs is 1. The highest BCUT2D eigenvalue weighted by Gasteiger charge is 2.28. The number of ether oxygens (including phenoxy) is 1. The fourth-order valence-electron chi connectivity index (χ4n) is 3.21. The smallest absolute Gasteiger partial charge is 0.137 e. The number of benzene rings is 2. The van der Waals surface area contributed by atoms with E-state index in [1.165, 1.54) is 16.8 Å². The van der Waals surface area contributed by atoms with Gasteiger partial charge in [-0.2, -0.15) is 0 Å². The van der Waals surface area contributed by atoms with Crippen LogP contribution in [0.5, 0.6) is 5.75 Å². The molecule has 110 valence electrons. The van der Waals surface area contributed by atoms with Crippen LogP contribution in [-0.4, -0.2) is 13.2 Å². The number of rotatable bonds is 4. The van der Waals surface area contributed by atoms with E-state index >= 15 is 0 Å². The molecule has 0 saturated heterocycles. The van der Waals surface area contributed by atoms with Crippen molar-refractivity contribution >= 4 is 17.3 Å². The average Bonchev–Trinajstić information content (AvgIpc) is 2.90. The maximum absolute atomic E-state index is 6.22. The number of hydrogen-bond acceptors (Lipinski definition) is 2. The minimum atomic E-state index is 0.375. The minimum Gasteiger partial charge on any atom is -0.495 e. The molecule has 0 fully saturated rings. The Morgan fingerprint density at radius 3 is 2.71 bits per heavy atom. The van der Waals surface area contributed by atoms with Gasteiger partial charge in [-0.3, -0.25) is 0 Å². The highest BCUT2D eigenvalue weighted by molar-refractivity contribution is 6.32. The van der Waals surface area contributed by atoms with Crippen LogP contribution in [0.2, 0.25) is 5.02 Å². The molecule has 0 aliphatic heterocycles. The normalized spacial score (nSPS) is 18.1. The van der Waals surface area contributed by atoms with Gasteiger partial charge >= 0.3 is 0 Å². The summed E-state index contributed by atoms with van der Waals surface area (Å²) in [4.78, 5) is 0. The van der Waals surface area contributed by atoms with Crippen molar-refractivity contribution in [3.8, 4) is 5.75 Å². The van der Waals surface area contributed by atoms with Crippen LogP contribution in [0.25, 0.3) is 0 Å². The van der Waals surface area contributed by atoms with Crippen molar-refractivity contribution in [1.29, 1.82) is 0 Å². The first-order chi connectivity index (χ1) is 10.2. The number of nitrogens with one attached hydrogen (secondary N) is 1. The van der Waals surface area contributed by atoms with Crippen molar-refractivity contribution in [3.63, 3.8) is 0 Å². The van der Waals surface area contributed by atoms with Crippen LogP contribution in [0.3, 0.4) is 0 Å². The van der Waals surface area contributed by atoms with Crippen molar-refractivity contribution in [2.75, 3.05) is 12.4 Å². The zero-order valence-electron chi connectivity index (χ0n) is 12.4. The summed E-state index contributed by atoms with van der Waals surface area (Å²) in [7, 11) is 1.67. The van der Waals surface area contributed by atoms with E-state index in [0.29, 0.717) is 17.0 Å². The Balaban J connectivity index is 1.83. The van der Waals surface area contributed by atoms with Gasteiger partial charge in [0.05, 0.1) is 12.1 Å². The molecular weight excluding hydrogens is 282 g/mol. The Labute approximate surface area is 131 Å². The van der Waals surface area contributed by atoms with E-state index in [4.69, 9.17) is 16.3 Å². The fraction of sp³-hybridized carbons (Fsp3) is 0.333. The first kappa shape index (κ1) is 14.3. The zero-order valence-corrected chi connectivity index (χ0v) is 13.2. The third kappa shape index (κ3) is 2.86. The SMILES string of the molecule is COc1cc2c(cc1Cl)CC[C@@H]2[C@H](C)Nc1ccccc1. The van der Waals surface area contributed by atoms with Crippen molar-refractivity contribution in [1.82, 2.24) is 0 Å². The average molecular weight is 302 g/mol. The fourth-order valence-corrected chi connectivity index (χ4v) is 3.48. The van der Waals surface area contributed by atoms with Gasteiger partial charge < -0.3 is 10.1 Å². The summed E-state index contributed by atoms with van der Waals surface area (Å²) in [5.41, 5.74) is 3.89. The summed E-state index contributed by atoms with van der Waals surface area (Å²) in [5.74, 6) is 1.26. The monoisotopic (exact) mass is 301 g/mol. The van der Waals surface area contributed by atoms with Crippen molar-refractivity contribution in [2.24, 2.45) is 0 Å². The largest absolute Gasteiger partial charge is 0.495 e. The minimum absolute atomic E-state index is 0.375. The third-order valence-corrected chi connectivity index (χ3v) is 4.60. The number of halogens is 1. The quantitative estimate of drug-likeness (QED) is 0.869. The zero-order chi connectivity index (χ0) is 14.8. The number of anilines is 1. The summed E-state index contributed by atoms with van der Waals surface area (Å²) < 4.78 is 5.36. The predicted molar refractivity (Wildman–Crippen MR) is 88.6 cm³/mol. The standard InChI is InChI=1S/C18H20ClNO/c1-12(20-14-6-4-3-5-7-14)15-9-8-13-10-17(19)18(21-2)11-16(13)15/h3-7,10-12,15,20H,8-9H2,1-2H3/t12-,15+/m0/s1. The van der Waals surface area contributed by atoms with Crippen LogP contribution in [0.4, 0.5) is 5.69 Å². The molecule has 0 heterocycles. The lowest BCUT2D eigenvalue weighted by Crippen LogP contribution is -2.22. The highest BCUT2D eigenvalue weighted by atomic mass is 35.5. The second-order valence-corrected chi connectivity index (χ2v) is 6.04. The van der Waals surface area contributed by atoms with Gasteiger partial charge in [-0.25, -0.2) is 0 Å². The molecule has 0 unspecified atom stereocenters. The van der Waals surface area contributed by atoms with E-state index in [0.717, 1.165) is 18.6 Å². The van der Waals surface area contributed by atoms with Gasteiger partial charge in [0, 0.05) is 17.6 Å². The summed E-state index contributed by atoms with van der Waals surface area (Å²) in [6.45, 7) is 2.24. The summed E-state index contributed by atoms with van der Waals surface area (Å²) in [5, 5.41) is 4.31. The molecule has 0 aromatic heterocycles. The van der Waals surface area contributed by atoms with Crippen molar-refractivity contribution < 1.29 is 4.74 Å². The molecule has 21 heavy (non-hydrogen) atoms. The van der Waals surface area contributed by atoms with Gasteiger partial charge in [-0.1, -0.05) is 29.8 Å². The number of methoxy groups -OCH3 is 1. The highest BCUT2D eigenvalue weighted by Crippen LogP contribution is 2.41. The van der Waals surface area contributed by atoms with E-state index in [1.54, 1.807) is 7.11 Å². The van der Waals surface area contributed by atoms with Gasteiger partial charge in [0.2, 0.25) is 0 Å². The molecule has 2 aromatic rings. The maximum Gasteiger partial charge on any atom is 0.137 e. The molecule has 1 N–H and O–H groups in total. The van der Waals surface area contributed by atoms with E-state index in [-0.39, 0.29) is 0 Å². The first-order valence-electron chi connectivity index (χ1n) is 7.37. The molecule has 1 aliphatic rings. The van der Waals surface area contributed by atoms with E-state index in [9.17, 15) is 0 Å². The van der Waals surface area contributed by atoms with E-state index < -0.39 is 0 Å². The van der Waals surface area contributed by atoms with Crippen LogP contribution in [-0.2, 0) is 6.42 Å². The van der Waals surface area contributed by atoms with Gasteiger partial charge in [-0.15, -0.1) is 0 Å². The molecule has 0 spiro atoms. The Morgan fingerprint density at radius 2 is 2.00 bits per heavy atom. The second kappa shape index (κ2) is 5.98. The van der Waals surface area contributed by atoms with E-state index in [2.05, 4.69) is 48.6 Å². The van der Waals surface area contributed by atoms with Crippen LogP contribution in [0, 0.1) is 0 Å². The molecule has 0 bridgehead atoms. The lowest BCUT2D eigenvalue weighted by Gasteiger charge is -2.23. The van der Waals surface area contributed by atoms with Gasteiger partial charge in [0.1, 0.15) is 5.75 Å². The molecule has 3 heteroatoms. The van der Waals surface area contributed by atoms with Crippen molar-refractivity contribution in [2.45, 2.75) is 31.7 Å². The topological polar surface area (TPSA) is 21.3 Å². The number of para-hydroxylation sites is 1. The van der Waals surface area contributed by atoms with Gasteiger partial charge in [-0.05, 0) is 55.2 Å². The van der Waals surface area contributed by atoms with Crippen LogP contribution in [0.15, 0.2) is 42.5 Å². The summed E-state index contributed by atoms with van der Waals surface area (Å²) >= 11 is 6.22. The summed E-state index contributed by atoms with van der Waals surface area (Å²) in [6, 6.07) is 14.9. The first-order valence-corrected chi connectivity index (χ1v) is 7.74. The maximum atomic E-state index is 6.22. The molecule has 0 saturated carbocycles. The molecule has 3 rings (SSSR count). The Bertz CT molecular complexity index is 627. The number of hydrogen-bond donors (Lipinski definition) is 1. The lowest BCUT2D eigenvalue weighted by atomic mass is 9.94. The summed E-state index contributed by atoms with van der Waals surface area (Å²) in [6.07, 6.45) is 2.24. The van der Waals surface area contributed by atoms with E-state index in [1.807, 2.05) is 6.07 Å². The molecule has 2 aromatic carbocycles. The van der Waals surface area contributed by atoms with Crippen LogP contribution >= 0.6 is 11.6 Å². The van der Waals surface area contributed by atoms with Gasteiger partial charge in [0.15, 0.2) is 0 Å². The predicted octanol–water partition coefficient (Wildman–Crippen LogP) is 4.88. The van der Waals surface area contributed by atoms with Crippen molar-refractivity contribution in [3.05, 3.63) is 58.6 Å². The lowest BCUT2D eigenvalue weighted by molar-refractivity contribution is 0.414. The second-order valence-electron chi connectivity index (χ2n) is 5.63. The Morgan fingerprint density at radius 1 is 1.24 bits per heavy atom. The van der Waals surface area contributed by atoms with Gasteiger partial charge in [0.25, 0.3) is 0 Å². The van der Waals surface area contributed by atoms with Crippen LogP contribution in [0.1, 0.15) is 30.4 Å². The van der Waals surface area contributed by atoms with Crippen LogP contribution < -0.4 is 10.1 Å². The number of aryl methyl sites for hydroxylation is 1. The Hall–Kier alpha value is -1.67.